The van der Waals surface area contributed by atoms with Crippen LogP contribution in [0, 0.1) is 5.41 Å². The molecule has 1 amide bonds. The van der Waals surface area contributed by atoms with Crippen LogP contribution in [0.2, 0.25) is 0 Å². The molecule has 4 fully saturated rings. The normalized spacial score (nSPS) is 30.7. The lowest BCUT2D eigenvalue weighted by molar-refractivity contribution is -0.149. The molecule has 2 aliphatic carbocycles. The highest BCUT2D eigenvalue weighted by molar-refractivity contribution is 5.84. The van der Waals surface area contributed by atoms with Crippen LogP contribution >= 0.6 is 0 Å². The van der Waals surface area contributed by atoms with Crippen molar-refractivity contribution in [1.82, 2.24) is 19.9 Å². The van der Waals surface area contributed by atoms with Gasteiger partial charge in [-0.1, -0.05) is 37.3 Å². The highest BCUT2D eigenvalue weighted by Gasteiger charge is 2.49. The molecule has 0 radical (unpaired) electrons. The largest absolute Gasteiger partial charge is 0.339 e. The molecule has 2 saturated carbocycles. The Morgan fingerprint density at radius 2 is 1.75 bits per heavy atom. The van der Waals surface area contributed by atoms with Gasteiger partial charge < -0.3 is 9.42 Å². The van der Waals surface area contributed by atoms with E-state index in [2.05, 4.69) is 19.9 Å². The molecule has 1 aromatic heterocycles. The number of hydrogen-bond acceptors (Lipinski definition) is 5. The average molecular weight is 387 g/mol. The number of carbonyl (C=O) groups is 1. The minimum Gasteiger partial charge on any atom is -0.339 e. The van der Waals surface area contributed by atoms with Crippen molar-refractivity contribution in [2.24, 2.45) is 5.41 Å². The van der Waals surface area contributed by atoms with Gasteiger partial charge >= 0.3 is 0 Å². The molecule has 1 aromatic rings. The summed E-state index contributed by atoms with van der Waals surface area (Å²) in [5, 5.41) is 4.24. The van der Waals surface area contributed by atoms with E-state index < -0.39 is 0 Å². The van der Waals surface area contributed by atoms with Crippen LogP contribution in [0.25, 0.3) is 0 Å². The summed E-state index contributed by atoms with van der Waals surface area (Å²) in [7, 11) is 0. The third-order valence-electron chi connectivity index (χ3n) is 7.77. The molecule has 4 aliphatic rings. The average Bonchev–Trinajstić information content (AvgIpc) is 3.47. The second-order valence-electron chi connectivity index (χ2n) is 9.67. The lowest BCUT2D eigenvalue weighted by atomic mass is 9.77. The third-order valence-corrected chi connectivity index (χ3v) is 7.77. The van der Waals surface area contributed by atoms with Crippen LogP contribution < -0.4 is 0 Å². The van der Waals surface area contributed by atoms with Crippen molar-refractivity contribution in [3.8, 4) is 0 Å². The third kappa shape index (κ3) is 3.49. The summed E-state index contributed by atoms with van der Waals surface area (Å²) in [5.41, 5.74) is -0.159. The zero-order chi connectivity index (χ0) is 19.0. The minimum absolute atomic E-state index is 0.159. The Morgan fingerprint density at radius 3 is 2.57 bits per heavy atom. The summed E-state index contributed by atoms with van der Waals surface area (Å²) in [4.78, 5) is 22.8. The van der Waals surface area contributed by atoms with E-state index in [0.29, 0.717) is 24.4 Å². The molecule has 0 unspecified atom stereocenters. The summed E-state index contributed by atoms with van der Waals surface area (Å²) < 4.78 is 5.55. The van der Waals surface area contributed by atoms with Crippen molar-refractivity contribution in [3.05, 3.63) is 11.7 Å². The van der Waals surface area contributed by atoms with Gasteiger partial charge in [-0.2, -0.15) is 4.98 Å². The van der Waals surface area contributed by atoms with E-state index in [-0.39, 0.29) is 5.41 Å². The van der Waals surface area contributed by atoms with Gasteiger partial charge in [0.05, 0.1) is 12.0 Å². The van der Waals surface area contributed by atoms with Gasteiger partial charge in [0.1, 0.15) is 0 Å². The first kappa shape index (κ1) is 18.6. The van der Waals surface area contributed by atoms with Gasteiger partial charge in [-0.3, -0.25) is 9.69 Å². The number of likely N-dealkylation sites (tertiary alicyclic amines) is 2. The van der Waals surface area contributed by atoms with Crippen molar-refractivity contribution < 1.29 is 9.32 Å². The Kier molecular flexibility index (Phi) is 5.16. The Bertz CT molecular complexity index is 692. The molecule has 0 bridgehead atoms. The van der Waals surface area contributed by atoms with E-state index in [1.54, 1.807) is 0 Å². The smallest absolute Gasteiger partial charge is 0.230 e. The quantitative estimate of drug-likeness (QED) is 0.786. The minimum atomic E-state index is -0.159. The molecule has 1 spiro atoms. The number of aromatic nitrogens is 2. The SMILES string of the molecule is O=C1N(C2CCCCC2)CCC[C@@]12CCN(Cc1noc(C3CCCC3)n1)C2. The summed E-state index contributed by atoms with van der Waals surface area (Å²) in [6, 6.07) is 0.499. The van der Waals surface area contributed by atoms with Crippen molar-refractivity contribution in [2.45, 2.75) is 95.6 Å². The number of piperidine rings is 1. The van der Waals surface area contributed by atoms with Gasteiger partial charge in [0.15, 0.2) is 5.82 Å². The van der Waals surface area contributed by atoms with Crippen molar-refractivity contribution in [1.29, 1.82) is 0 Å². The molecule has 1 atom stereocenters. The number of carbonyl (C=O) groups excluding carboxylic acids is 1. The van der Waals surface area contributed by atoms with Gasteiger partial charge in [0.2, 0.25) is 11.8 Å². The zero-order valence-corrected chi connectivity index (χ0v) is 17.1. The van der Waals surface area contributed by atoms with Crippen molar-refractivity contribution in [3.63, 3.8) is 0 Å². The van der Waals surface area contributed by atoms with E-state index in [4.69, 9.17) is 4.52 Å². The van der Waals surface area contributed by atoms with Gasteiger partial charge in [-0.15, -0.1) is 0 Å². The molecule has 0 N–H and O–H groups in total. The fraction of sp³-hybridized carbons (Fsp3) is 0.864. The van der Waals surface area contributed by atoms with Gasteiger partial charge in [-0.05, 0) is 51.5 Å². The summed E-state index contributed by atoms with van der Waals surface area (Å²) >= 11 is 0. The molecular formula is C22H34N4O2. The maximum Gasteiger partial charge on any atom is 0.230 e. The van der Waals surface area contributed by atoms with Gasteiger partial charge in [-0.25, -0.2) is 0 Å². The molecule has 3 heterocycles. The predicted molar refractivity (Wildman–Crippen MR) is 106 cm³/mol. The molecule has 5 rings (SSSR count). The highest BCUT2D eigenvalue weighted by atomic mass is 16.5. The summed E-state index contributed by atoms with van der Waals surface area (Å²) in [6.45, 7) is 3.52. The van der Waals surface area contributed by atoms with E-state index in [1.165, 1.54) is 57.8 Å². The molecular weight excluding hydrogens is 352 g/mol. The van der Waals surface area contributed by atoms with Crippen molar-refractivity contribution >= 4 is 5.91 Å². The molecule has 6 nitrogen and oxygen atoms in total. The monoisotopic (exact) mass is 386 g/mol. The van der Waals surface area contributed by atoms with Crippen LogP contribution in [0.15, 0.2) is 4.52 Å². The lowest BCUT2D eigenvalue weighted by Gasteiger charge is -2.44. The van der Waals surface area contributed by atoms with Crippen molar-refractivity contribution in [2.75, 3.05) is 19.6 Å². The lowest BCUT2D eigenvalue weighted by Crippen LogP contribution is -2.54. The van der Waals surface area contributed by atoms with Gasteiger partial charge in [0, 0.05) is 25.0 Å². The first-order valence-electron chi connectivity index (χ1n) is 11.6. The number of rotatable bonds is 4. The van der Waals surface area contributed by atoms with Crippen LogP contribution in [0.4, 0.5) is 0 Å². The van der Waals surface area contributed by atoms with E-state index in [1.807, 2.05) is 0 Å². The maximum atomic E-state index is 13.5. The first-order valence-corrected chi connectivity index (χ1v) is 11.6. The summed E-state index contributed by atoms with van der Waals surface area (Å²) in [6.07, 6.45) is 14.4. The fourth-order valence-corrected chi connectivity index (χ4v) is 6.18. The maximum absolute atomic E-state index is 13.5. The molecule has 2 aliphatic heterocycles. The molecule has 154 valence electrons. The highest BCUT2D eigenvalue weighted by Crippen LogP contribution is 2.42. The van der Waals surface area contributed by atoms with Crippen LogP contribution in [-0.4, -0.2) is 51.5 Å². The number of hydrogen-bond donors (Lipinski definition) is 0. The van der Waals surface area contributed by atoms with E-state index in [0.717, 1.165) is 50.6 Å². The van der Waals surface area contributed by atoms with Crippen LogP contribution in [0.5, 0.6) is 0 Å². The molecule has 2 saturated heterocycles. The molecule has 0 aromatic carbocycles. The second kappa shape index (κ2) is 7.77. The standard InChI is InChI=1S/C22H34N4O2/c27-21-22(11-6-13-26(21)18-9-2-1-3-10-18)12-14-25(16-22)15-19-23-20(28-24-19)17-7-4-5-8-17/h17-18H,1-16H2/t22-/m0/s1. The van der Waals surface area contributed by atoms with E-state index in [9.17, 15) is 4.79 Å². The van der Waals surface area contributed by atoms with Crippen LogP contribution in [0.3, 0.4) is 0 Å². The Morgan fingerprint density at radius 1 is 0.964 bits per heavy atom. The summed E-state index contributed by atoms with van der Waals surface area (Å²) in [5.74, 6) is 2.54. The van der Waals surface area contributed by atoms with Crippen LogP contribution in [-0.2, 0) is 11.3 Å². The predicted octanol–water partition coefficient (Wildman–Crippen LogP) is 3.87. The second-order valence-corrected chi connectivity index (χ2v) is 9.67. The molecule has 6 heteroatoms. The Hall–Kier alpha value is -1.43. The molecule has 28 heavy (non-hydrogen) atoms. The topological polar surface area (TPSA) is 62.5 Å². The zero-order valence-electron chi connectivity index (χ0n) is 17.1. The Balaban J connectivity index is 1.22. The first-order chi connectivity index (χ1) is 13.7. The number of amides is 1. The van der Waals surface area contributed by atoms with E-state index >= 15 is 0 Å². The van der Waals surface area contributed by atoms with Gasteiger partial charge in [0.25, 0.3) is 0 Å². The number of nitrogens with zero attached hydrogens (tertiary/aromatic N) is 4. The van der Waals surface area contributed by atoms with Crippen LogP contribution in [0.1, 0.15) is 94.7 Å². The fourth-order valence-electron chi connectivity index (χ4n) is 6.18. The Labute approximate surface area is 168 Å².